The van der Waals surface area contributed by atoms with E-state index in [0.717, 1.165) is 54.9 Å². The van der Waals surface area contributed by atoms with E-state index in [1.807, 2.05) is 23.7 Å². The fraction of sp³-hybridized carbons (Fsp3) is 0.448. The van der Waals surface area contributed by atoms with Crippen LogP contribution in [0.4, 0.5) is 4.39 Å². The molecule has 0 N–H and O–H groups in total. The molecule has 0 spiro atoms. The molecular formula is C29H33FN6O. The second-order valence-corrected chi connectivity index (χ2v) is 11.3. The van der Waals surface area contributed by atoms with E-state index >= 15 is 4.39 Å². The van der Waals surface area contributed by atoms with Gasteiger partial charge < -0.3 is 4.57 Å². The highest BCUT2D eigenvalue weighted by Crippen LogP contribution is 2.51. The SMILES string of the molecule is CC1CC(c2cccc(-c3cnc4c(F)cc(CN5CCC[C@H](C)C5)cn4c3=O)c2)(c2nncn2C)C1. The lowest BCUT2D eigenvalue weighted by Crippen LogP contribution is -2.43. The van der Waals surface area contributed by atoms with Crippen LogP contribution in [0.1, 0.15) is 56.5 Å². The van der Waals surface area contributed by atoms with Crippen LogP contribution in [0.2, 0.25) is 0 Å². The molecule has 0 unspecified atom stereocenters. The van der Waals surface area contributed by atoms with Gasteiger partial charge in [-0.05, 0) is 72.9 Å². The summed E-state index contributed by atoms with van der Waals surface area (Å²) < 4.78 is 18.4. The smallest absolute Gasteiger partial charge is 0.265 e. The Morgan fingerprint density at radius 3 is 2.73 bits per heavy atom. The Morgan fingerprint density at radius 1 is 1.16 bits per heavy atom. The number of halogens is 1. The molecule has 7 nitrogen and oxygen atoms in total. The summed E-state index contributed by atoms with van der Waals surface area (Å²) in [5, 5.41) is 8.56. The minimum absolute atomic E-state index is 0.0593. The topological polar surface area (TPSA) is 68.3 Å². The number of aryl methyl sites for hydroxylation is 1. The van der Waals surface area contributed by atoms with Crippen molar-refractivity contribution in [2.45, 2.75) is 51.5 Å². The van der Waals surface area contributed by atoms with E-state index in [1.165, 1.54) is 23.1 Å². The van der Waals surface area contributed by atoms with Crippen LogP contribution in [-0.4, -0.2) is 42.1 Å². The van der Waals surface area contributed by atoms with Crippen LogP contribution in [0.5, 0.6) is 0 Å². The summed E-state index contributed by atoms with van der Waals surface area (Å²) in [6.45, 7) is 7.11. The third kappa shape index (κ3) is 4.17. The van der Waals surface area contributed by atoms with Gasteiger partial charge in [0.05, 0.1) is 11.0 Å². The van der Waals surface area contributed by atoms with Gasteiger partial charge in [0.1, 0.15) is 12.2 Å². The Morgan fingerprint density at radius 2 is 2.00 bits per heavy atom. The zero-order chi connectivity index (χ0) is 25.7. The summed E-state index contributed by atoms with van der Waals surface area (Å²) in [7, 11) is 1.97. The first-order valence-corrected chi connectivity index (χ1v) is 13.2. The third-order valence-electron chi connectivity index (χ3n) is 8.22. The standard InChI is InChI=1S/C29H33FN6O/c1-19-6-5-9-35(15-19)16-21-10-25(30)26-31-14-24(27(37)36(26)17-21)22-7-4-8-23(11-22)29(12-20(2)13-29)28-33-32-18-34(28)3/h4,7-8,10-11,14,17-20H,5-6,9,12-13,15-16H2,1-3H3/t19-,20?,29?/m0/s1. The van der Waals surface area contributed by atoms with Crippen molar-refractivity contribution >= 4 is 5.65 Å². The number of likely N-dealkylation sites (tertiary alicyclic amines) is 1. The number of pyridine rings is 1. The average Bonchev–Trinajstić information content (AvgIpc) is 3.28. The minimum Gasteiger partial charge on any atom is -0.320 e. The molecule has 4 heterocycles. The lowest BCUT2D eigenvalue weighted by atomic mass is 9.58. The Balaban J connectivity index is 1.39. The first-order valence-electron chi connectivity index (χ1n) is 13.2. The van der Waals surface area contributed by atoms with Crippen molar-refractivity contribution in [3.8, 4) is 11.1 Å². The highest BCUT2D eigenvalue weighted by atomic mass is 19.1. The van der Waals surface area contributed by atoms with E-state index in [2.05, 4.69) is 46.1 Å². The van der Waals surface area contributed by atoms with Gasteiger partial charge in [-0.15, -0.1) is 10.2 Å². The van der Waals surface area contributed by atoms with E-state index in [0.29, 0.717) is 23.9 Å². The Bertz CT molecular complexity index is 1520. The number of hydrogen-bond donors (Lipinski definition) is 0. The molecule has 1 atom stereocenters. The number of fused-ring (bicyclic) bond motifs is 1. The van der Waals surface area contributed by atoms with Gasteiger partial charge in [-0.3, -0.25) is 14.1 Å². The van der Waals surface area contributed by atoms with Crippen molar-refractivity contribution < 1.29 is 4.39 Å². The molecule has 1 aromatic carbocycles. The second-order valence-electron chi connectivity index (χ2n) is 11.3. The summed E-state index contributed by atoms with van der Waals surface area (Å²) in [4.78, 5) is 20.4. The normalized spacial score (nSPS) is 24.3. The van der Waals surface area contributed by atoms with Gasteiger partial charge >= 0.3 is 0 Å². The maximum Gasteiger partial charge on any atom is 0.265 e. The molecule has 192 valence electrons. The first kappa shape index (κ1) is 24.0. The van der Waals surface area contributed by atoms with Crippen molar-refractivity contribution in [2.24, 2.45) is 18.9 Å². The van der Waals surface area contributed by atoms with Crippen LogP contribution in [0.3, 0.4) is 0 Å². The van der Waals surface area contributed by atoms with Gasteiger partial charge in [0, 0.05) is 32.5 Å². The molecule has 1 aliphatic carbocycles. The Hall–Kier alpha value is -3.39. The molecule has 0 radical (unpaired) electrons. The molecule has 1 saturated heterocycles. The molecular weight excluding hydrogens is 467 g/mol. The highest BCUT2D eigenvalue weighted by molar-refractivity contribution is 5.65. The van der Waals surface area contributed by atoms with Gasteiger partial charge in [-0.25, -0.2) is 9.37 Å². The quantitative estimate of drug-likeness (QED) is 0.401. The number of benzene rings is 1. The maximum absolute atomic E-state index is 15.0. The van der Waals surface area contributed by atoms with E-state index in [9.17, 15) is 4.79 Å². The second kappa shape index (κ2) is 9.17. The fourth-order valence-electron chi connectivity index (χ4n) is 6.55. The van der Waals surface area contributed by atoms with Crippen molar-refractivity contribution in [2.75, 3.05) is 13.1 Å². The summed E-state index contributed by atoms with van der Waals surface area (Å²) in [6.07, 6.45) is 9.32. The zero-order valence-corrected chi connectivity index (χ0v) is 21.7. The van der Waals surface area contributed by atoms with Crippen molar-refractivity contribution in [1.82, 2.24) is 29.0 Å². The minimum atomic E-state index is -0.468. The van der Waals surface area contributed by atoms with E-state index in [4.69, 9.17) is 0 Å². The van der Waals surface area contributed by atoms with Crippen LogP contribution in [-0.2, 0) is 19.0 Å². The van der Waals surface area contributed by atoms with E-state index < -0.39 is 5.82 Å². The third-order valence-corrected chi connectivity index (χ3v) is 8.22. The van der Waals surface area contributed by atoms with Gasteiger partial charge in [0.2, 0.25) is 0 Å². The maximum atomic E-state index is 15.0. The van der Waals surface area contributed by atoms with Crippen molar-refractivity contribution in [3.63, 3.8) is 0 Å². The average molecular weight is 501 g/mol. The largest absolute Gasteiger partial charge is 0.320 e. The molecule has 0 bridgehead atoms. The van der Waals surface area contributed by atoms with Crippen LogP contribution in [0.25, 0.3) is 16.8 Å². The van der Waals surface area contributed by atoms with Crippen LogP contribution >= 0.6 is 0 Å². The van der Waals surface area contributed by atoms with Crippen LogP contribution < -0.4 is 5.56 Å². The molecule has 2 aliphatic rings. The molecule has 37 heavy (non-hydrogen) atoms. The lowest BCUT2D eigenvalue weighted by Gasteiger charge is -2.46. The predicted octanol–water partition coefficient (Wildman–Crippen LogP) is 4.58. The van der Waals surface area contributed by atoms with Crippen LogP contribution in [0.15, 0.2) is 53.8 Å². The Labute approximate surface area is 216 Å². The predicted molar refractivity (Wildman–Crippen MR) is 141 cm³/mol. The van der Waals surface area contributed by atoms with Gasteiger partial charge in [0.25, 0.3) is 5.56 Å². The van der Waals surface area contributed by atoms with Crippen molar-refractivity contribution in [3.05, 3.63) is 82.2 Å². The molecule has 8 heteroatoms. The van der Waals surface area contributed by atoms with Crippen molar-refractivity contribution in [1.29, 1.82) is 0 Å². The van der Waals surface area contributed by atoms with Gasteiger partial charge in [-0.1, -0.05) is 32.0 Å². The van der Waals surface area contributed by atoms with E-state index in [-0.39, 0.29) is 16.6 Å². The molecule has 0 amide bonds. The fourth-order valence-corrected chi connectivity index (χ4v) is 6.55. The molecule has 1 saturated carbocycles. The summed E-state index contributed by atoms with van der Waals surface area (Å²) in [5.41, 5.74) is 2.71. The highest BCUT2D eigenvalue weighted by Gasteiger charge is 2.48. The number of rotatable bonds is 5. The first-order chi connectivity index (χ1) is 17.8. The van der Waals surface area contributed by atoms with E-state index in [1.54, 1.807) is 12.5 Å². The Kier molecular flexibility index (Phi) is 5.94. The number of nitrogens with zero attached hydrogens (tertiary/aromatic N) is 6. The van der Waals surface area contributed by atoms with Gasteiger partial charge in [-0.2, -0.15) is 0 Å². The lowest BCUT2D eigenvalue weighted by molar-refractivity contribution is 0.176. The number of aromatic nitrogens is 5. The molecule has 3 aromatic heterocycles. The molecule has 1 aliphatic heterocycles. The molecule has 2 fully saturated rings. The van der Waals surface area contributed by atoms with Crippen LogP contribution in [0, 0.1) is 17.7 Å². The van der Waals surface area contributed by atoms with Gasteiger partial charge in [0.15, 0.2) is 11.5 Å². The summed E-state index contributed by atoms with van der Waals surface area (Å²) in [6, 6.07) is 9.60. The molecule has 4 aromatic rings. The number of piperidine rings is 1. The zero-order valence-electron chi connectivity index (χ0n) is 21.7. The molecule has 6 rings (SSSR count). The number of hydrogen-bond acceptors (Lipinski definition) is 5. The summed E-state index contributed by atoms with van der Waals surface area (Å²) in [5.74, 6) is 1.68. The monoisotopic (exact) mass is 500 g/mol. The summed E-state index contributed by atoms with van der Waals surface area (Å²) >= 11 is 0.